The Labute approximate surface area is 98.3 Å². The number of piperidine rings is 1. The highest BCUT2D eigenvalue weighted by molar-refractivity contribution is 5.79. The molecule has 2 rings (SSSR count). The van der Waals surface area contributed by atoms with Gasteiger partial charge in [0.05, 0.1) is 6.04 Å². The molecule has 0 aromatic rings. The molecule has 2 aliphatic rings. The van der Waals surface area contributed by atoms with Crippen LogP contribution in [0, 0.1) is 0 Å². The normalized spacial score (nSPS) is 24.6. The topological polar surface area (TPSA) is 53.6 Å². The maximum atomic E-state index is 5.60. The molecule has 0 unspecified atom stereocenters. The van der Waals surface area contributed by atoms with Crippen LogP contribution < -0.4 is 11.3 Å². The van der Waals surface area contributed by atoms with E-state index in [0.717, 1.165) is 19.0 Å². The van der Waals surface area contributed by atoms with E-state index >= 15 is 0 Å². The Hall–Kier alpha value is -0.770. The lowest BCUT2D eigenvalue weighted by molar-refractivity contribution is 0.327. The van der Waals surface area contributed by atoms with Crippen molar-refractivity contribution in [1.82, 2.24) is 10.3 Å². The Kier molecular flexibility index (Phi) is 4.45. The van der Waals surface area contributed by atoms with Crippen molar-refractivity contribution in [2.24, 2.45) is 10.8 Å². The first-order valence-corrected chi connectivity index (χ1v) is 6.69. The minimum atomic E-state index is 0.502. The van der Waals surface area contributed by atoms with Crippen LogP contribution in [0.25, 0.3) is 0 Å². The average Bonchev–Trinajstić information content (AvgIpc) is 2.38. The van der Waals surface area contributed by atoms with Gasteiger partial charge in [0.25, 0.3) is 0 Å². The van der Waals surface area contributed by atoms with Crippen LogP contribution in [0.15, 0.2) is 4.99 Å². The number of hydrogen-bond donors (Lipinski definition) is 2. The molecule has 16 heavy (non-hydrogen) atoms. The average molecular weight is 224 g/mol. The molecular formula is C12H24N4. The lowest BCUT2D eigenvalue weighted by Gasteiger charge is -2.30. The third-order valence-electron chi connectivity index (χ3n) is 3.66. The molecule has 1 saturated heterocycles. The van der Waals surface area contributed by atoms with E-state index in [1.165, 1.54) is 51.4 Å². The highest BCUT2D eigenvalue weighted by Gasteiger charge is 2.17. The Morgan fingerprint density at radius 2 is 1.62 bits per heavy atom. The second-order valence-electron chi connectivity index (χ2n) is 4.94. The van der Waals surface area contributed by atoms with Crippen LogP contribution in [0.2, 0.25) is 0 Å². The van der Waals surface area contributed by atoms with Gasteiger partial charge in [0, 0.05) is 13.1 Å². The van der Waals surface area contributed by atoms with Gasteiger partial charge in [0.2, 0.25) is 5.96 Å². The largest absolute Gasteiger partial charge is 0.342 e. The summed E-state index contributed by atoms with van der Waals surface area (Å²) in [4.78, 5) is 7.09. The predicted molar refractivity (Wildman–Crippen MR) is 67.1 cm³/mol. The zero-order valence-electron chi connectivity index (χ0n) is 10.1. The number of likely N-dealkylation sites (tertiary alicyclic amines) is 1. The molecule has 0 spiro atoms. The predicted octanol–water partition coefficient (Wildman–Crippen LogP) is 1.62. The van der Waals surface area contributed by atoms with Crippen molar-refractivity contribution in [2.45, 2.75) is 57.4 Å². The summed E-state index contributed by atoms with van der Waals surface area (Å²) in [6.45, 7) is 2.21. The van der Waals surface area contributed by atoms with Crippen LogP contribution in [0.5, 0.6) is 0 Å². The Morgan fingerprint density at radius 3 is 2.25 bits per heavy atom. The molecule has 0 bridgehead atoms. The molecule has 2 fully saturated rings. The van der Waals surface area contributed by atoms with Gasteiger partial charge in [0.15, 0.2) is 0 Å². The van der Waals surface area contributed by atoms with Gasteiger partial charge in [-0.2, -0.15) is 0 Å². The smallest absolute Gasteiger partial charge is 0.208 e. The second kappa shape index (κ2) is 6.09. The molecule has 3 N–H and O–H groups in total. The number of nitrogens with one attached hydrogen (secondary N) is 1. The molecule has 4 nitrogen and oxygen atoms in total. The number of guanidine groups is 1. The van der Waals surface area contributed by atoms with Crippen molar-refractivity contribution >= 4 is 5.96 Å². The van der Waals surface area contributed by atoms with Crippen LogP contribution in [0.1, 0.15) is 51.4 Å². The lowest BCUT2D eigenvalue weighted by Crippen LogP contribution is -2.47. The standard InChI is InChI=1S/C12H24N4/c13-15-12(16-9-5-2-6-10-16)14-11-7-3-1-4-8-11/h11H,1-10,13H2,(H,14,15). The lowest BCUT2D eigenvalue weighted by atomic mass is 9.96. The number of hydrazine groups is 1. The number of aliphatic imine (C=N–C) groups is 1. The molecule has 0 aromatic heterocycles. The monoisotopic (exact) mass is 224 g/mol. The summed E-state index contributed by atoms with van der Waals surface area (Å²) in [5, 5.41) is 0. The number of nitrogens with zero attached hydrogens (tertiary/aromatic N) is 2. The molecule has 4 heteroatoms. The maximum absolute atomic E-state index is 5.60. The Bertz CT molecular complexity index is 227. The summed E-state index contributed by atoms with van der Waals surface area (Å²) < 4.78 is 0. The number of rotatable bonds is 1. The van der Waals surface area contributed by atoms with Gasteiger partial charge in [-0.3, -0.25) is 5.43 Å². The highest BCUT2D eigenvalue weighted by atomic mass is 15.4. The summed E-state index contributed by atoms with van der Waals surface area (Å²) in [6, 6.07) is 0.502. The van der Waals surface area contributed by atoms with E-state index in [0.29, 0.717) is 6.04 Å². The van der Waals surface area contributed by atoms with Crippen LogP contribution in [-0.4, -0.2) is 30.0 Å². The van der Waals surface area contributed by atoms with Gasteiger partial charge < -0.3 is 4.90 Å². The van der Waals surface area contributed by atoms with Gasteiger partial charge in [-0.05, 0) is 32.1 Å². The Morgan fingerprint density at radius 1 is 1.00 bits per heavy atom. The van der Waals surface area contributed by atoms with Crippen molar-refractivity contribution < 1.29 is 0 Å². The second-order valence-corrected chi connectivity index (χ2v) is 4.94. The van der Waals surface area contributed by atoms with Crippen LogP contribution >= 0.6 is 0 Å². The van der Waals surface area contributed by atoms with E-state index in [2.05, 4.69) is 10.3 Å². The van der Waals surface area contributed by atoms with E-state index in [-0.39, 0.29) is 0 Å². The summed E-state index contributed by atoms with van der Waals surface area (Å²) in [5.41, 5.74) is 2.79. The fraction of sp³-hybridized carbons (Fsp3) is 0.917. The van der Waals surface area contributed by atoms with E-state index in [1.807, 2.05) is 0 Å². The summed E-state index contributed by atoms with van der Waals surface area (Å²) in [6.07, 6.45) is 10.4. The summed E-state index contributed by atoms with van der Waals surface area (Å²) >= 11 is 0. The molecule has 92 valence electrons. The van der Waals surface area contributed by atoms with Crippen LogP contribution in [-0.2, 0) is 0 Å². The third kappa shape index (κ3) is 3.11. The van der Waals surface area contributed by atoms with Gasteiger partial charge >= 0.3 is 0 Å². The van der Waals surface area contributed by atoms with Crippen LogP contribution in [0.3, 0.4) is 0 Å². The molecule has 1 aliphatic carbocycles. The first-order chi connectivity index (χ1) is 7.90. The summed E-state index contributed by atoms with van der Waals surface area (Å²) in [5.74, 6) is 6.52. The van der Waals surface area contributed by atoms with Crippen LogP contribution in [0.4, 0.5) is 0 Å². The molecule has 0 atom stereocenters. The number of hydrogen-bond acceptors (Lipinski definition) is 2. The minimum Gasteiger partial charge on any atom is -0.342 e. The van der Waals surface area contributed by atoms with Crippen molar-refractivity contribution in [1.29, 1.82) is 0 Å². The van der Waals surface area contributed by atoms with Gasteiger partial charge in [-0.1, -0.05) is 19.3 Å². The number of nitrogens with two attached hydrogens (primary N) is 1. The van der Waals surface area contributed by atoms with E-state index in [1.54, 1.807) is 0 Å². The van der Waals surface area contributed by atoms with Gasteiger partial charge in [-0.15, -0.1) is 0 Å². The SMILES string of the molecule is NNC(=NC1CCCCC1)N1CCCCC1. The summed E-state index contributed by atoms with van der Waals surface area (Å²) in [7, 11) is 0. The fourth-order valence-electron chi connectivity index (χ4n) is 2.70. The molecule has 0 amide bonds. The van der Waals surface area contributed by atoms with E-state index in [4.69, 9.17) is 10.8 Å². The highest BCUT2D eigenvalue weighted by Crippen LogP contribution is 2.20. The van der Waals surface area contributed by atoms with E-state index < -0.39 is 0 Å². The molecule has 1 saturated carbocycles. The van der Waals surface area contributed by atoms with Crippen molar-refractivity contribution in [2.75, 3.05) is 13.1 Å². The first-order valence-electron chi connectivity index (χ1n) is 6.69. The molecule has 1 aliphatic heterocycles. The van der Waals surface area contributed by atoms with Crippen molar-refractivity contribution in [3.8, 4) is 0 Å². The van der Waals surface area contributed by atoms with Gasteiger partial charge in [-0.25, -0.2) is 10.8 Å². The van der Waals surface area contributed by atoms with Crippen molar-refractivity contribution in [3.05, 3.63) is 0 Å². The first kappa shape index (κ1) is 11.7. The van der Waals surface area contributed by atoms with Crippen molar-refractivity contribution in [3.63, 3.8) is 0 Å². The maximum Gasteiger partial charge on any atom is 0.208 e. The van der Waals surface area contributed by atoms with Gasteiger partial charge in [0.1, 0.15) is 0 Å². The zero-order valence-corrected chi connectivity index (χ0v) is 10.1. The third-order valence-corrected chi connectivity index (χ3v) is 3.66. The molecule has 0 radical (unpaired) electrons. The zero-order chi connectivity index (χ0) is 11.2. The van der Waals surface area contributed by atoms with E-state index in [9.17, 15) is 0 Å². The minimum absolute atomic E-state index is 0.502. The molecule has 1 heterocycles. The molecule has 0 aromatic carbocycles. The molecular weight excluding hydrogens is 200 g/mol. The fourth-order valence-corrected chi connectivity index (χ4v) is 2.70. The Balaban J connectivity index is 1.93. The quantitative estimate of drug-likeness (QED) is 0.308.